The molecule has 1 heterocycles. The summed E-state index contributed by atoms with van der Waals surface area (Å²) in [6.07, 6.45) is 1.21. The summed E-state index contributed by atoms with van der Waals surface area (Å²) in [7, 11) is 1.12. The van der Waals surface area contributed by atoms with Crippen LogP contribution in [0.2, 0.25) is 0 Å². The van der Waals surface area contributed by atoms with Gasteiger partial charge in [-0.15, -0.1) is 0 Å². The maximum atomic E-state index is 13.6. The zero-order valence-electron chi connectivity index (χ0n) is 22.2. The summed E-state index contributed by atoms with van der Waals surface area (Å²) >= 11 is 1.99. The zero-order chi connectivity index (χ0) is 30.4. The van der Waals surface area contributed by atoms with Gasteiger partial charge in [-0.05, 0) is 60.9 Å². The van der Waals surface area contributed by atoms with Crippen molar-refractivity contribution in [3.05, 3.63) is 105 Å². The summed E-state index contributed by atoms with van der Waals surface area (Å²) in [4.78, 5) is 73.9. The number of ether oxygens (including phenoxy) is 1. The van der Waals surface area contributed by atoms with Gasteiger partial charge in [-0.1, -0.05) is 5.16 Å². The number of phenols is 1. The average Bonchev–Trinajstić information content (AvgIpc) is 3.44. The number of pyridine rings is 1. The molecular weight excluding hydrogens is 663 g/mol. The molecule has 0 unspecified atom stereocenters. The van der Waals surface area contributed by atoms with Gasteiger partial charge in [-0.2, -0.15) is 0 Å². The second kappa shape index (κ2) is 9.24. The molecule has 4 aliphatic carbocycles. The minimum Gasteiger partial charge on any atom is -0.510 e. The number of benzene rings is 1. The van der Waals surface area contributed by atoms with Crippen molar-refractivity contribution in [3.63, 3.8) is 0 Å². The van der Waals surface area contributed by atoms with Crippen molar-refractivity contribution in [3.8, 4) is 11.5 Å². The molecule has 0 saturated carbocycles. The van der Waals surface area contributed by atoms with E-state index in [4.69, 9.17) is 9.57 Å². The first-order valence-electron chi connectivity index (χ1n) is 12.7. The van der Waals surface area contributed by atoms with Gasteiger partial charge in [0, 0.05) is 20.6 Å². The van der Waals surface area contributed by atoms with E-state index >= 15 is 0 Å². The molecular formula is C29H21IN2O10. The molecule has 4 aliphatic rings. The molecule has 0 radical (unpaired) electrons. The Kier molecular flexibility index (Phi) is 6.08. The molecule has 6 rings (SSSR count). The molecule has 0 bridgehead atoms. The molecule has 214 valence electrons. The van der Waals surface area contributed by atoms with Crippen LogP contribution in [0.5, 0.6) is 11.5 Å². The van der Waals surface area contributed by atoms with Crippen molar-refractivity contribution in [2.75, 3.05) is 7.11 Å². The third kappa shape index (κ3) is 3.39. The molecule has 1 atom stereocenters. The van der Waals surface area contributed by atoms with Crippen molar-refractivity contribution in [2.24, 2.45) is 5.16 Å². The Morgan fingerprint density at radius 2 is 1.62 bits per heavy atom. The van der Waals surface area contributed by atoms with E-state index in [1.165, 1.54) is 6.21 Å². The lowest BCUT2D eigenvalue weighted by Crippen LogP contribution is -2.51. The Morgan fingerprint density at radius 1 is 0.976 bits per heavy atom. The highest BCUT2D eigenvalue weighted by atomic mass is 127. The molecule has 0 saturated heterocycles. The number of rotatable bonds is 4. The number of hydrogen-bond acceptors (Lipinski definition) is 11. The van der Waals surface area contributed by atoms with E-state index in [-0.39, 0.29) is 29.9 Å². The van der Waals surface area contributed by atoms with Crippen molar-refractivity contribution in [1.29, 1.82) is 0 Å². The minimum absolute atomic E-state index is 0.0502. The van der Waals surface area contributed by atoms with Crippen LogP contribution in [0.4, 0.5) is 0 Å². The Labute approximate surface area is 247 Å². The summed E-state index contributed by atoms with van der Waals surface area (Å²) in [5.41, 5.74) is -6.17. The quantitative estimate of drug-likeness (QED) is 0.128. The number of fused-ring (bicyclic) bond motifs is 4. The second-order valence-electron chi connectivity index (χ2n) is 10.4. The van der Waals surface area contributed by atoms with E-state index in [2.05, 4.69) is 10.1 Å². The zero-order valence-corrected chi connectivity index (χ0v) is 24.4. The standard InChI is InChI=1S/C29H21IN2O10/c1-9(2)42-31-8-10-6-12-15(28(40)32-10)25(37)20-11(21(12)30)4-5-29(20)26(38)18-19(27(29)39)24(36)17-16(23(18)35)13(33)7-14(41-3)22(17)34/h6-9,37-39H,4-5H2,1-3H3,(H,32,40)/t29-/m0/s1. The molecule has 1 spiro atoms. The summed E-state index contributed by atoms with van der Waals surface area (Å²) < 4.78 is 5.42. The smallest absolute Gasteiger partial charge is 0.260 e. The van der Waals surface area contributed by atoms with Gasteiger partial charge in [-0.25, -0.2) is 0 Å². The lowest BCUT2D eigenvalue weighted by atomic mass is 9.78. The molecule has 13 heteroatoms. The van der Waals surface area contributed by atoms with Crippen LogP contribution in [0.15, 0.2) is 41.3 Å². The van der Waals surface area contributed by atoms with Crippen LogP contribution >= 0.6 is 22.6 Å². The van der Waals surface area contributed by atoms with Gasteiger partial charge in [-0.3, -0.25) is 24.0 Å². The van der Waals surface area contributed by atoms with E-state index in [0.717, 1.165) is 13.2 Å². The van der Waals surface area contributed by atoms with Gasteiger partial charge in [0.05, 0.1) is 45.3 Å². The summed E-state index contributed by atoms with van der Waals surface area (Å²) in [6.45, 7) is 3.57. The van der Waals surface area contributed by atoms with Crippen LogP contribution < -0.4 is 42.4 Å². The first kappa shape index (κ1) is 27.6. The minimum atomic E-state index is -1.97. The molecule has 0 amide bonds. The maximum absolute atomic E-state index is 13.6. The fourth-order valence-corrected chi connectivity index (χ4v) is 7.06. The molecule has 2 aromatic rings. The number of aromatic hydroxyl groups is 1. The van der Waals surface area contributed by atoms with Crippen molar-refractivity contribution >= 4 is 51.1 Å². The third-order valence-corrected chi connectivity index (χ3v) is 9.07. The van der Waals surface area contributed by atoms with Crippen molar-refractivity contribution in [1.82, 2.24) is 4.98 Å². The third-order valence-electron chi connectivity index (χ3n) is 7.84. The van der Waals surface area contributed by atoms with E-state index in [0.29, 0.717) is 20.2 Å². The van der Waals surface area contributed by atoms with Crippen LogP contribution in [0.1, 0.15) is 37.1 Å². The summed E-state index contributed by atoms with van der Waals surface area (Å²) in [5.74, 6) is -2.53. The number of aliphatic hydroxyl groups is 2. The lowest BCUT2D eigenvalue weighted by Gasteiger charge is -2.27. The van der Waals surface area contributed by atoms with Crippen LogP contribution in [-0.2, 0) is 16.7 Å². The Hall–Kier alpha value is -4.53. The second-order valence-corrected chi connectivity index (χ2v) is 11.5. The molecule has 1 aromatic heterocycles. The average molecular weight is 684 g/mol. The van der Waals surface area contributed by atoms with Crippen LogP contribution in [-0.4, -0.2) is 39.7 Å². The Morgan fingerprint density at radius 3 is 2.24 bits per heavy atom. The van der Waals surface area contributed by atoms with Gasteiger partial charge in [0.1, 0.15) is 28.8 Å². The number of oxime groups is 1. The Bertz CT molecular complexity index is 2410. The van der Waals surface area contributed by atoms with Gasteiger partial charge in [0.25, 0.3) is 5.56 Å². The Balaban J connectivity index is 1.73. The van der Waals surface area contributed by atoms with Crippen LogP contribution in [0.25, 0.3) is 22.3 Å². The highest BCUT2D eigenvalue weighted by Gasteiger charge is 2.53. The normalized spacial score (nSPS) is 17.7. The number of halogens is 1. The maximum Gasteiger partial charge on any atom is 0.260 e. The first-order chi connectivity index (χ1) is 19.9. The number of phenolic OH excluding ortho intramolecular Hbond substituents is 1. The largest absolute Gasteiger partial charge is 0.510 e. The lowest BCUT2D eigenvalue weighted by molar-refractivity contribution is 0.0873. The van der Waals surface area contributed by atoms with Gasteiger partial charge in [0.15, 0.2) is 11.2 Å². The van der Waals surface area contributed by atoms with Gasteiger partial charge < -0.3 is 29.9 Å². The fraction of sp³-hybridized carbons (Fsp3) is 0.241. The van der Waals surface area contributed by atoms with E-state index in [9.17, 15) is 39.3 Å². The number of H-pyrrole nitrogens is 1. The highest BCUT2D eigenvalue weighted by Crippen LogP contribution is 2.55. The number of methoxy groups -OCH3 is 1. The van der Waals surface area contributed by atoms with Crippen molar-refractivity contribution in [2.45, 2.75) is 38.2 Å². The number of aliphatic hydroxyl groups excluding tert-OH is 2. The first-order valence-corrected chi connectivity index (χ1v) is 13.8. The topological polar surface area (TPSA) is 193 Å². The number of nitrogens with zero attached hydrogens (tertiary/aromatic N) is 1. The van der Waals surface area contributed by atoms with Crippen LogP contribution in [0.3, 0.4) is 0 Å². The molecule has 1 aromatic carbocycles. The number of aromatic nitrogens is 1. The predicted octanol–water partition coefficient (Wildman–Crippen LogP) is -0.123. The number of nitrogens with one attached hydrogen (secondary N) is 1. The number of aromatic amines is 1. The van der Waals surface area contributed by atoms with E-state index in [1.54, 1.807) is 19.9 Å². The molecule has 4 N–H and O–H groups in total. The molecule has 42 heavy (non-hydrogen) atoms. The van der Waals surface area contributed by atoms with Crippen molar-refractivity contribution < 1.29 is 24.9 Å². The number of hydrogen-bond donors (Lipinski definition) is 4. The van der Waals surface area contributed by atoms with E-state index < -0.39 is 76.6 Å². The molecule has 0 fully saturated rings. The van der Waals surface area contributed by atoms with Gasteiger partial charge >= 0.3 is 0 Å². The highest BCUT2D eigenvalue weighted by molar-refractivity contribution is 14.1. The van der Waals surface area contributed by atoms with Gasteiger partial charge in [0.2, 0.25) is 16.3 Å². The summed E-state index contributed by atoms with van der Waals surface area (Å²) in [5, 5.41) is 36.0. The van der Waals surface area contributed by atoms with Crippen LogP contribution in [0, 0.1) is 14.0 Å². The monoisotopic (exact) mass is 684 g/mol. The SMILES string of the molecule is COc1cc(=O)c2c(=O)c3c(c(=O)c=2c1=O)=C(O)[C@]1(CCc2c1c(O)c1c(=O)[nH]c(C=NOC(C)C)cc1c2I)C=3O. The molecule has 12 nitrogen and oxygen atoms in total. The molecule has 0 aliphatic heterocycles. The fourth-order valence-electron chi connectivity index (χ4n) is 6.09. The predicted molar refractivity (Wildman–Crippen MR) is 160 cm³/mol. The van der Waals surface area contributed by atoms with E-state index in [1.807, 2.05) is 22.6 Å². The summed E-state index contributed by atoms with van der Waals surface area (Å²) in [6, 6.07) is 2.37.